The minimum Gasteiger partial charge on any atom is -0.450 e. The zero-order valence-corrected chi connectivity index (χ0v) is 10.0. The molecule has 0 bridgehead atoms. The summed E-state index contributed by atoms with van der Waals surface area (Å²) in [5, 5.41) is 2.79. The second-order valence-corrected chi connectivity index (χ2v) is 3.58. The normalized spacial score (nSPS) is 10.3. The fourth-order valence-electron chi connectivity index (χ4n) is 1.58. The van der Waals surface area contributed by atoms with Gasteiger partial charge in [0.15, 0.2) is 0 Å². The van der Waals surface area contributed by atoms with Gasteiger partial charge in [0, 0.05) is 6.92 Å². The molecule has 1 amide bonds. The molecule has 1 aromatic carbocycles. The van der Waals surface area contributed by atoms with E-state index in [2.05, 4.69) is 10.3 Å². The molecule has 0 aliphatic heterocycles. The maximum atomic E-state index is 11.8. The molecular formula is C12H12N2O4. The summed E-state index contributed by atoms with van der Waals surface area (Å²) < 4.78 is 9.96. The monoisotopic (exact) mass is 248 g/mol. The number of benzene rings is 1. The van der Waals surface area contributed by atoms with E-state index in [1.807, 2.05) is 0 Å². The molecule has 94 valence electrons. The summed E-state index contributed by atoms with van der Waals surface area (Å²) in [4.78, 5) is 26.9. The van der Waals surface area contributed by atoms with Crippen LogP contribution in [-0.2, 0) is 4.79 Å². The number of hydrogen-bond donors (Lipinski definition) is 1. The summed E-state index contributed by atoms with van der Waals surface area (Å²) in [5.74, 6) is -0.268. The van der Waals surface area contributed by atoms with Crippen LogP contribution in [0.25, 0.3) is 10.9 Å². The average Bonchev–Trinajstić information content (AvgIpc) is 2.28. The van der Waals surface area contributed by atoms with Gasteiger partial charge in [-0.2, -0.15) is 4.98 Å². The molecule has 0 saturated heterocycles. The van der Waals surface area contributed by atoms with Crippen LogP contribution >= 0.6 is 0 Å². The van der Waals surface area contributed by atoms with Gasteiger partial charge in [-0.05, 0) is 19.1 Å². The van der Waals surface area contributed by atoms with Crippen LogP contribution in [0.15, 0.2) is 27.4 Å². The minimum absolute atomic E-state index is 0.0741. The Hall–Kier alpha value is -2.37. The Morgan fingerprint density at radius 3 is 2.94 bits per heavy atom. The number of hydrogen-bond acceptors (Lipinski definition) is 5. The Labute approximate surface area is 103 Å². The number of anilines is 1. The Morgan fingerprint density at radius 1 is 1.50 bits per heavy atom. The first kappa shape index (κ1) is 12.1. The molecule has 1 heterocycles. The van der Waals surface area contributed by atoms with E-state index in [-0.39, 0.29) is 17.4 Å². The lowest BCUT2D eigenvalue weighted by Gasteiger charge is -2.06. The number of aromatic nitrogens is 1. The molecule has 2 rings (SSSR count). The summed E-state index contributed by atoms with van der Waals surface area (Å²) in [6.07, 6.45) is -0.0741. The highest BCUT2D eigenvalue weighted by atomic mass is 16.6. The first-order valence-electron chi connectivity index (χ1n) is 5.46. The lowest BCUT2D eigenvalue weighted by molar-refractivity contribution is -0.114. The molecule has 0 fully saturated rings. The molecule has 0 aliphatic rings. The number of amides is 1. The van der Waals surface area contributed by atoms with Crippen LogP contribution in [0, 0.1) is 0 Å². The third-order valence-electron chi connectivity index (χ3n) is 2.22. The zero-order chi connectivity index (χ0) is 13.1. The van der Waals surface area contributed by atoms with Gasteiger partial charge >= 0.3 is 11.7 Å². The van der Waals surface area contributed by atoms with Crippen LogP contribution in [0.5, 0.6) is 6.08 Å². The molecule has 0 saturated carbocycles. The van der Waals surface area contributed by atoms with Gasteiger partial charge in [-0.1, -0.05) is 6.07 Å². The van der Waals surface area contributed by atoms with E-state index >= 15 is 0 Å². The van der Waals surface area contributed by atoms with Crippen molar-refractivity contribution in [1.82, 2.24) is 4.98 Å². The van der Waals surface area contributed by atoms with Gasteiger partial charge in [-0.15, -0.1) is 0 Å². The predicted octanol–water partition coefficient (Wildman–Crippen LogP) is 1.55. The van der Waals surface area contributed by atoms with Crippen LogP contribution < -0.4 is 15.7 Å². The van der Waals surface area contributed by atoms with Gasteiger partial charge in [0.2, 0.25) is 5.91 Å². The van der Waals surface area contributed by atoms with Gasteiger partial charge in [0.05, 0.1) is 17.8 Å². The van der Waals surface area contributed by atoms with Crippen molar-refractivity contribution in [2.45, 2.75) is 13.8 Å². The Bertz CT molecular complexity index is 648. The number of nitrogens with zero attached hydrogens (tertiary/aromatic N) is 1. The molecule has 0 spiro atoms. The maximum absolute atomic E-state index is 11.8. The van der Waals surface area contributed by atoms with Crippen molar-refractivity contribution < 1.29 is 13.9 Å². The van der Waals surface area contributed by atoms with Crippen LogP contribution in [-0.4, -0.2) is 17.5 Å². The van der Waals surface area contributed by atoms with Crippen molar-refractivity contribution in [1.29, 1.82) is 0 Å². The predicted molar refractivity (Wildman–Crippen MR) is 65.8 cm³/mol. The third kappa shape index (κ3) is 2.32. The highest BCUT2D eigenvalue weighted by Crippen LogP contribution is 2.20. The van der Waals surface area contributed by atoms with E-state index in [4.69, 9.17) is 9.15 Å². The Morgan fingerprint density at radius 2 is 2.28 bits per heavy atom. The first-order valence-corrected chi connectivity index (χ1v) is 5.46. The number of rotatable bonds is 3. The minimum atomic E-state index is -0.590. The van der Waals surface area contributed by atoms with Crippen molar-refractivity contribution in [3.8, 4) is 6.08 Å². The zero-order valence-electron chi connectivity index (χ0n) is 10.0. The highest BCUT2D eigenvalue weighted by Gasteiger charge is 2.11. The number of nitrogens with one attached hydrogen (secondary N) is 1. The topological polar surface area (TPSA) is 81.4 Å². The lowest BCUT2D eigenvalue weighted by Crippen LogP contribution is -2.11. The molecule has 18 heavy (non-hydrogen) atoms. The van der Waals surface area contributed by atoms with E-state index in [1.165, 1.54) is 6.92 Å². The van der Waals surface area contributed by atoms with Crippen molar-refractivity contribution in [3.63, 3.8) is 0 Å². The lowest BCUT2D eigenvalue weighted by atomic mass is 10.2. The van der Waals surface area contributed by atoms with Gasteiger partial charge in [0.25, 0.3) is 0 Å². The summed E-state index contributed by atoms with van der Waals surface area (Å²) in [6.45, 7) is 3.48. The molecule has 1 aromatic heterocycles. The number of carbonyl (C=O) groups is 1. The molecular weight excluding hydrogens is 236 g/mol. The summed E-state index contributed by atoms with van der Waals surface area (Å²) in [5.41, 5.74) is 0.207. The summed E-state index contributed by atoms with van der Waals surface area (Å²) in [6, 6.07) is 4.96. The van der Waals surface area contributed by atoms with Crippen molar-refractivity contribution in [2.75, 3.05) is 11.9 Å². The fraction of sp³-hybridized carbons (Fsp3) is 0.250. The Balaban J connectivity index is 2.63. The van der Waals surface area contributed by atoms with Crippen molar-refractivity contribution >= 4 is 22.5 Å². The standard InChI is InChI=1S/C12H12N2O4/c1-3-17-12-14-9-6-4-5-8(13-7(2)15)10(9)11(16)18-12/h4-6H,3H2,1-2H3,(H,13,15). The van der Waals surface area contributed by atoms with Crippen LogP contribution in [0.3, 0.4) is 0 Å². The van der Waals surface area contributed by atoms with E-state index in [9.17, 15) is 9.59 Å². The molecule has 2 aromatic rings. The smallest absolute Gasteiger partial charge is 0.397 e. The first-order chi connectivity index (χ1) is 8.61. The quantitative estimate of drug-likeness (QED) is 0.891. The average molecular weight is 248 g/mol. The highest BCUT2D eigenvalue weighted by molar-refractivity contribution is 5.99. The number of carbonyl (C=O) groups excluding carboxylic acids is 1. The van der Waals surface area contributed by atoms with E-state index in [1.54, 1.807) is 25.1 Å². The van der Waals surface area contributed by atoms with Crippen LogP contribution in [0.2, 0.25) is 0 Å². The maximum Gasteiger partial charge on any atom is 0.397 e. The second-order valence-electron chi connectivity index (χ2n) is 3.58. The van der Waals surface area contributed by atoms with Gasteiger partial charge in [-0.25, -0.2) is 4.79 Å². The van der Waals surface area contributed by atoms with Crippen molar-refractivity contribution in [3.05, 3.63) is 28.6 Å². The number of ether oxygens (including phenoxy) is 1. The fourth-order valence-corrected chi connectivity index (χ4v) is 1.58. The van der Waals surface area contributed by atoms with Crippen LogP contribution in [0.4, 0.5) is 5.69 Å². The summed E-state index contributed by atoms with van der Waals surface area (Å²) >= 11 is 0. The molecule has 0 radical (unpaired) electrons. The van der Waals surface area contributed by atoms with Gasteiger partial charge in [-0.3, -0.25) is 4.79 Å². The van der Waals surface area contributed by atoms with E-state index in [0.717, 1.165) is 0 Å². The van der Waals surface area contributed by atoms with Gasteiger partial charge in [0.1, 0.15) is 5.39 Å². The molecule has 0 atom stereocenters. The largest absolute Gasteiger partial charge is 0.450 e. The molecule has 6 heteroatoms. The second kappa shape index (κ2) is 4.87. The molecule has 6 nitrogen and oxygen atoms in total. The van der Waals surface area contributed by atoms with Crippen LogP contribution in [0.1, 0.15) is 13.8 Å². The number of fused-ring (bicyclic) bond motifs is 1. The molecule has 0 aliphatic carbocycles. The third-order valence-corrected chi connectivity index (χ3v) is 2.22. The Kier molecular flexibility index (Phi) is 3.27. The molecule has 1 N–H and O–H groups in total. The molecule has 0 unspecified atom stereocenters. The van der Waals surface area contributed by atoms with Gasteiger partial charge < -0.3 is 14.5 Å². The van der Waals surface area contributed by atoms with Crippen molar-refractivity contribution in [2.24, 2.45) is 0 Å². The van der Waals surface area contributed by atoms with E-state index < -0.39 is 5.63 Å². The SMILES string of the molecule is CCOc1nc2cccc(NC(C)=O)c2c(=O)o1. The van der Waals surface area contributed by atoms with E-state index in [0.29, 0.717) is 17.8 Å². The summed E-state index contributed by atoms with van der Waals surface area (Å²) in [7, 11) is 0.